The van der Waals surface area contributed by atoms with Gasteiger partial charge in [0, 0.05) is 6.42 Å². The molecule has 1 N–H and O–H groups in total. The normalized spacial score (nSPS) is 12.0. The molecule has 4 rings (SSSR count). The first-order valence-electron chi connectivity index (χ1n) is 9.19. The topological polar surface area (TPSA) is 83.6 Å². The quantitative estimate of drug-likeness (QED) is 0.577. The van der Waals surface area contributed by atoms with Crippen LogP contribution in [0.3, 0.4) is 0 Å². The van der Waals surface area contributed by atoms with Crippen molar-refractivity contribution < 1.29 is 4.79 Å². The van der Waals surface area contributed by atoms with Gasteiger partial charge in [-0.2, -0.15) is 5.26 Å². The van der Waals surface area contributed by atoms with Gasteiger partial charge in [0.05, 0.1) is 17.1 Å². The van der Waals surface area contributed by atoms with Crippen molar-refractivity contribution in [2.45, 2.75) is 26.3 Å². The summed E-state index contributed by atoms with van der Waals surface area (Å²) in [6, 6.07) is 19.5. The van der Waals surface area contributed by atoms with Crippen molar-refractivity contribution in [3.63, 3.8) is 0 Å². The Kier molecular flexibility index (Phi) is 4.50. The van der Waals surface area contributed by atoms with E-state index in [1.807, 2.05) is 66.1 Å². The van der Waals surface area contributed by atoms with Gasteiger partial charge in [0.1, 0.15) is 23.0 Å². The van der Waals surface area contributed by atoms with Crippen LogP contribution in [0.5, 0.6) is 0 Å². The van der Waals surface area contributed by atoms with E-state index in [-0.39, 0.29) is 11.9 Å². The molecule has 28 heavy (non-hydrogen) atoms. The largest absolute Gasteiger partial charge is 0.311 e. The molecule has 0 fully saturated rings. The first-order chi connectivity index (χ1) is 13.6. The molecule has 6 nitrogen and oxygen atoms in total. The fourth-order valence-electron chi connectivity index (χ4n) is 3.37. The summed E-state index contributed by atoms with van der Waals surface area (Å²) < 4.78 is 1.90. The predicted molar refractivity (Wildman–Crippen MR) is 109 cm³/mol. The molecule has 2 aromatic heterocycles. The molecule has 0 radical (unpaired) electrons. The number of carbonyl (C=O) groups is 1. The molecule has 0 bridgehead atoms. The van der Waals surface area contributed by atoms with Gasteiger partial charge in [-0.1, -0.05) is 49.4 Å². The number of anilines is 1. The van der Waals surface area contributed by atoms with Crippen LogP contribution in [-0.4, -0.2) is 20.4 Å². The lowest BCUT2D eigenvalue weighted by Gasteiger charge is -2.19. The zero-order valence-electron chi connectivity index (χ0n) is 15.7. The molecule has 4 aromatic rings. The maximum absolute atomic E-state index is 12.2. The summed E-state index contributed by atoms with van der Waals surface area (Å²) in [6.45, 7) is 3.80. The van der Waals surface area contributed by atoms with Crippen LogP contribution in [0, 0.1) is 11.3 Å². The minimum absolute atomic E-state index is 0.145. The Hall–Kier alpha value is -3.72. The van der Waals surface area contributed by atoms with E-state index in [4.69, 9.17) is 4.98 Å². The summed E-state index contributed by atoms with van der Waals surface area (Å²) in [5.41, 5.74) is 3.91. The van der Waals surface area contributed by atoms with Gasteiger partial charge >= 0.3 is 0 Å². The Morgan fingerprint density at radius 2 is 1.75 bits per heavy atom. The van der Waals surface area contributed by atoms with Gasteiger partial charge in [0.15, 0.2) is 5.65 Å². The van der Waals surface area contributed by atoms with Crippen LogP contribution in [0.4, 0.5) is 5.82 Å². The maximum atomic E-state index is 12.2. The van der Waals surface area contributed by atoms with Gasteiger partial charge in [0.25, 0.3) is 0 Å². The smallest absolute Gasteiger partial charge is 0.225 e. The molecule has 0 aliphatic heterocycles. The zero-order chi connectivity index (χ0) is 19.7. The summed E-state index contributed by atoms with van der Waals surface area (Å²) >= 11 is 0. The van der Waals surface area contributed by atoms with Gasteiger partial charge in [-0.05, 0) is 24.6 Å². The molecule has 6 heteroatoms. The Morgan fingerprint density at radius 1 is 1.11 bits per heavy atom. The first kappa shape index (κ1) is 17.7. The van der Waals surface area contributed by atoms with Crippen LogP contribution in [0.25, 0.3) is 22.2 Å². The second-order valence-corrected chi connectivity index (χ2v) is 6.58. The van der Waals surface area contributed by atoms with E-state index >= 15 is 0 Å². The lowest BCUT2D eigenvalue weighted by atomic mass is 10.1. The number of aromatic nitrogens is 3. The second kappa shape index (κ2) is 7.12. The molecule has 0 spiro atoms. The molecular formula is C22H19N5O. The standard InChI is InChI=1S/C22H19N5O/c1-3-19(28)26-21-16(13-23)20-22(25-18-12-8-7-11-17(18)24-20)27(21)14(2)15-9-5-4-6-10-15/h4-12,14H,3H2,1-2H3,(H,26,28)/t14-/m0/s1. The molecule has 2 heterocycles. The zero-order valence-corrected chi connectivity index (χ0v) is 15.7. The average molecular weight is 369 g/mol. The number of rotatable bonds is 4. The molecular weight excluding hydrogens is 350 g/mol. The Labute approximate surface area is 162 Å². The molecule has 138 valence electrons. The van der Waals surface area contributed by atoms with Crippen LogP contribution >= 0.6 is 0 Å². The van der Waals surface area contributed by atoms with Crippen LogP contribution in [0.2, 0.25) is 0 Å². The maximum Gasteiger partial charge on any atom is 0.225 e. The summed E-state index contributed by atoms with van der Waals surface area (Å²) in [5, 5.41) is 12.8. The van der Waals surface area contributed by atoms with Crippen molar-refractivity contribution in [3.05, 3.63) is 65.7 Å². The fourth-order valence-corrected chi connectivity index (χ4v) is 3.37. The molecule has 0 saturated carbocycles. The number of fused-ring (bicyclic) bond motifs is 2. The lowest BCUT2D eigenvalue weighted by molar-refractivity contribution is -0.115. The van der Waals surface area contributed by atoms with Gasteiger partial charge in [-0.15, -0.1) is 0 Å². The van der Waals surface area contributed by atoms with Crippen LogP contribution in [0.15, 0.2) is 54.6 Å². The minimum atomic E-state index is -0.162. The van der Waals surface area contributed by atoms with Crippen molar-refractivity contribution >= 4 is 33.9 Å². The average Bonchev–Trinajstić information content (AvgIpc) is 3.03. The number of nitrogens with zero attached hydrogens (tertiary/aromatic N) is 4. The molecule has 2 aromatic carbocycles. The number of para-hydroxylation sites is 2. The highest BCUT2D eigenvalue weighted by molar-refractivity contribution is 5.98. The third kappa shape index (κ3) is 2.87. The number of nitrogens with one attached hydrogen (secondary N) is 1. The van der Waals surface area contributed by atoms with E-state index in [1.165, 1.54) is 0 Å². The first-order valence-corrected chi connectivity index (χ1v) is 9.19. The van der Waals surface area contributed by atoms with Crippen LogP contribution in [-0.2, 0) is 4.79 Å². The van der Waals surface area contributed by atoms with Gasteiger partial charge < -0.3 is 9.88 Å². The predicted octanol–water partition coefficient (Wildman–Crippen LogP) is 4.41. The third-order valence-electron chi connectivity index (χ3n) is 4.85. The summed E-state index contributed by atoms with van der Waals surface area (Å²) in [7, 11) is 0. The number of nitriles is 1. The van der Waals surface area contributed by atoms with Gasteiger partial charge in [-0.25, -0.2) is 9.97 Å². The SMILES string of the molecule is CCC(=O)Nc1c(C#N)c2nc3ccccc3nc2n1[C@@H](C)c1ccccc1. The van der Waals surface area contributed by atoms with E-state index < -0.39 is 0 Å². The second-order valence-electron chi connectivity index (χ2n) is 6.58. The fraction of sp³-hybridized carbons (Fsp3) is 0.182. The van der Waals surface area contributed by atoms with E-state index in [2.05, 4.69) is 16.4 Å². The highest BCUT2D eigenvalue weighted by Gasteiger charge is 2.25. The molecule has 0 unspecified atom stereocenters. The number of hydrogen-bond donors (Lipinski definition) is 1. The summed E-state index contributed by atoms with van der Waals surface area (Å²) in [6.07, 6.45) is 0.314. The van der Waals surface area contributed by atoms with Crippen molar-refractivity contribution in [1.29, 1.82) is 5.26 Å². The van der Waals surface area contributed by atoms with Crippen LogP contribution in [0.1, 0.15) is 37.4 Å². The number of benzene rings is 2. The summed E-state index contributed by atoms with van der Waals surface area (Å²) in [4.78, 5) is 21.7. The Balaban J connectivity index is 2.06. The van der Waals surface area contributed by atoms with Crippen molar-refractivity contribution in [2.75, 3.05) is 5.32 Å². The number of amides is 1. The van der Waals surface area contributed by atoms with Gasteiger partial charge in [-0.3, -0.25) is 4.79 Å². The molecule has 0 saturated heterocycles. The Bertz CT molecular complexity index is 1220. The van der Waals surface area contributed by atoms with Crippen molar-refractivity contribution in [3.8, 4) is 6.07 Å². The summed E-state index contributed by atoms with van der Waals surface area (Å²) in [5.74, 6) is 0.279. The van der Waals surface area contributed by atoms with Crippen LogP contribution < -0.4 is 5.32 Å². The highest BCUT2D eigenvalue weighted by Crippen LogP contribution is 2.34. The molecule has 0 aliphatic carbocycles. The van der Waals surface area contributed by atoms with Crippen molar-refractivity contribution in [2.24, 2.45) is 0 Å². The Morgan fingerprint density at radius 3 is 2.39 bits per heavy atom. The molecule has 1 amide bonds. The third-order valence-corrected chi connectivity index (χ3v) is 4.85. The van der Waals surface area contributed by atoms with E-state index in [0.29, 0.717) is 34.5 Å². The van der Waals surface area contributed by atoms with E-state index in [9.17, 15) is 10.1 Å². The van der Waals surface area contributed by atoms with E-state index in [1.54, 1.807) is 6.92 Å². The molecule has 1 atom stereocenters. The minimum Gasteiger partial charge on any atom is -0.311 e. The highest BCUT2D eigenvalue weighted by atomic mass is 16.1. The number of hydrogen-bond acceptors (Lipinski definition) is 4. The van der Waals surface area contributed by atoms with Crippen molar-refractivity contribution in [1.82, 2.24) is 14.5 Å². The van der Waals surface area contributed by atoms with Gasteiger partial charge in [0.2, 0.25) is 5.91 Å². The van der Waals surface area contributed by atoms with E-state index in [0.717, 1.165) is 11.1 Å². The monoisotopic (exact) mass is 369 g/mol. The molecule has 0 aliphatic rings. The number of carbonyl (C=O) groups excluding carboxylic acids is 1. The lowest BCUT2D eigenvalue weighted by Crippen LogP contribution is -2.17.